The Morgan fingerprint density at radius 1 is 1.10 bits per heavy atom. The topological polar surface area (TPSA) is 50.9 Å². The number of hydrogen-bond acceptors (Lipinski definition) is 3. The summed E-state index contributed by atoms with van der Waals surface area (Å²) in [5, 5.41) is 3.57. The van der Waals surface area contributed by atoms with Gasteiger partial charge in [-0.15, -0.1) is 0 Å². The van der Waals surface area contributed by atoms with Crippen molar-refractivity contribution in [2.45, 2.75) is 39.2 Å². The molecular formula is C18H25N3. The smallest absolute Gasteiger partial charge is 0.0612 e. The van der Waals surface area contributed by atoms with E-state index in [4.69, 9.17) is 5.73 Å². The zero-order valence-corrected chi connectivity index (χ0v) is 13.1. The number of aromatic nitrogens is 1. The molecule has 0 saturated heterocycles. The van der Waals surface area contributed by atoms with Gasteiger partial charge in [-0.05, 0) is 36.1 Å². The lowest BCUT2D eigenvalue weighted by molar-refractivity contribution is 0.598. The van der Waals surface area contributed by atoms with Crippen LogP contribution in [0.3, 0.4) is 0 Å². The van der Waals surface area contributed by atoms with E-state index in [-0.39, 0.29) is 6.04 Å². The summed E-state index contributed by atoms with van der Waals surface area (Å²) in [6, 6.07) is 10.7. The molecule has 1 unspecified atom stereocenters. The standard InChI is InChI=1S/C18H25N3/c1-4-10-21-18(16-12-20-11-9-17(16)19)15-7-5-14(6-8-15)13(2)3/h5-9,11-13,18,21H,4,10H2,1-3H3,(H2,19,20). The number of anilines is 1. The van der Waals surface area contributed by atoms with Gasteiger partial charge in [-0.1, -0.05) is 45.0 Å². The molecule has 1 atom stereocenters. The Labute approximate surface area is 127 Å². The van der Waals surface area contributed by atoms with Gasteiger partial charge in [0, 0.05) is 23.6 Å². The van der Waals surface area contributed by atoms with Crippen LogP contribution >= 0.6 is 0 Å². The first-order chi connectivity index (χ1) is 10.1. The third-order valence-electron chi connectivity index (χ3n) is 3.73. The summed E-state index contributed by atoms with van der Waals surface area (Å²) in [5.41, 5.74) is 10.5. The summed E-state index contributed by atoms with van der Waals surface area (Å²) in [4.78, 5) is 4.23. The highest BCUT2D eigenvalue weighted by Gasteiger charge is 2.16. The van der Waals surface area contributed by atoms with Crippen LogP contribution in [0, 0.1) is 0 Å². The molecule has 3 nitrogen and oxygen atoms in total. The maximum atomic E-state index is 6.13. The third kappa shape index (κ3) is 3.82. The average Bonchev–Trinajstić information content (AvgIpc) is 2.50. The number of benzene rings is 1. The van der Waals surface area contributed by atoms with Gasteiger partial charge in [0.05, 0.1) is 6.04 Å². The van der Waals surface area contributed by atoms with E-state index in [0.717, 1.165) is 24.2 Å². The zero-order valence-electron chi connectivity index (χ0n) is 13.1. The summed E-state index contributed by atoms with van der Waals surface area (Å²) in [6.07, 6.45) is 4.68. The molecule has 0 spiro atoms. The van der Waals surface area contributed by atoms with Crippen LogP contribution in [-0.2, 0) is 0 Å². The fourth-order valence-electron chi connectivity index (χ4n) is 2.43. The highest BCUT2D eigenvalue weighted by Crippen LogP contribution is 2.27. The van der Waals surface area contributed by atoms with Gasteiger partial charge < -0.3 is 11.1 Å². The predicted octanol–water partition coefficient (Wildman–Crippen LogP) is 3.88. The molecule has 1 heterocycles. The van der Waals surface area contributed by atoms with Crippen LogP contribution in [0.1, 0.15) is 55.8 Å². The average molecular weight is 283 g/mol. The van der Waals surface area contributed by atoms with Crippen molar-refractivity contribution in [3.05, 3.63) is 59.4 Å². The maximum Gasteiger partial charge on any atom is 0.0612 e. The molecule has 0 fully saturated rings. The van der Waals surface area contributed by atoms with Crippen molar-refractivity contribution in [2.75, 3.05) is 12.3 Å². The fourth-order valence-corrected chi connectivity index (χ4v) is 2.43. The van der Waals surface area contributed by atoms with E-state index in [1.54, 1.807) is 6.20 Å². The molecule has 0 aliphatic carbocycles. The van der Waals surface area contributed by atoms with E-state index in [9.17, 15) is 0 Å². The Morgan fingerprint density at radius 3 is 2.33 bits per heavy atom. The summed E-state index contributed by atoms with van der Waals surface area (Å²) in [7, 11) is 0. The lowest BCUT2D eigenvalue weighted by Crippen LogP contribution is -2.24. The SMILES string of the molecule is CCCNC(c1ccc(C(C)C)cc1)c1cnccc1N. The van der Waals surface area contributed by atoms with Crippen LogP contribution in [0.4, 0.5) is 5.69 Å². The molecule has 2 rings (SSSR count). The molecule has 0 amide bonds. The van der Waals surface area contributed by atoms with Crippen molar-refractivity contribution in [3.63, 3.8) is 0 Å². The molecule has 0 saturated carbocycles. The first-order valence-corrected chi connectivity index (χ1v) is 7.66. The molecule has 1 aromatic heterocycles. The van der Waals surface area contributed by atoms with Gasteiger partial charge in [-0.25, -0.2) is 0 Å². The van der Waals surface area contributed by atoms with Crippen molar-refractivity contribution in [1.82, 2.24) is 10.3 Å². The third-order valence-corrected chi connectivity index (χ3v) is 3.73. The molecule has 3 heteroatoms. The van der Waals surface area contributed by atoms with Crippen molar-refractivity contribution in [3.8, 4) is 0 Å². The molecule has 0 aliphatic rings. The fraction of sp³-hybridized carbons (Fsp3) is 0.389. The lowest BCUT2D eigenvalue weighted by atomic mass is 9.95. The Bertz CT molecular complexity index is 561. The second-order valence-electron chi connectivity index (χ2n) is 5.71. The van der Waals surface area contributed by atoms with Gasteiger partial charge in [-0.2, -0.15) is 0 Å². The van der Waals surface area contributed by atoms with Gasteiger partial charge in [0.1, 0.15) is 0 Å². The normalized spacial score (nSPS) is 12.6. The Balaban J connectivity index is 2.33. The Hall–Kier alpha value is -1.87. The van der Waals surface area contributed by atoms with E-state index in [1.807, 2.05) is 12.3 Å². The minimum Gasteiger partial charge on any atom is -0.398 e. The van der Waals surface area contributed by atoms with Crippen LogP contribution in [0.15, 0.2) is 42.7 Å². The summed E-state index contributed by atoms with van der Waals surface area (Å²) >= 11 is 0. The second kappa shape index (κ2) is 7.23. The Kier molecular flexibility index (Phi) is 5.34. The van der Waals surface area contributed by atoms with Crippen LogP contribution in [-0.4, -0.2) is 11.5 Å². The van der Waals surface area contributed by atoms with Gasteiger partial charge in [0.15, 0.2) is 0 Å². The van der Waals surface area contributed by atoms with Crippen molar-refractivity contribution >= 4 is 5.69 Å². The minimum absolute atomic E-state index is 0.0971. The Morgan fingerprint density at radius 2 is 1.76 bits per heavy atom. The van der Waals surface area contributed by atoms with E-state index in [1.165, 1.54) is 11.1 Å². The molecule has 0 bridgehead atoms. The van der Waals surface area contributed by atoms with Crippen LogP contribution < -0.4 is 11.1 Å². The lowest BCUT2D eigenvalue weighted by Gasteiger charge is -2.21. The highest BCUT2D eigenvalue weighted by atomic mass is 14.9. The summed E-state index contributed by atoms with van der Waals surface area (Å²) < 4.78 is 0. The maximum absolute atomic E-state index is 6.13. The van der Waals surface area contributed by atoms with Gasteiger partial charge in [0.25, 0.3) is 0 Å². The summed E-state index contributed by atoms with van der Waals surface area (Å²) in [6.45, 7) is 7.53. The molecular weight excluding hydrogens is 258 g/mol. The summed E-state index contributed by atoms with van der Waals surface area (Å²) in [5.74, 6) is 0.546. The van der Waals surface area contributed by atoms with Gasteiger partial charge >= 0.3 is 0 Å². The van der Waals surface area contributed by atoms with Crippen molar-refractivity contribution < 1.29 is 0 Å². The molecule has 112 valence electrons. The molecule has 3 N–H and O–H groups in total. The number of nitrogen functional groups attached to an aromatic ring is 1. The first-order valence-electron chi connectivity index (χ1n) is 7.66. The predicted molar refractivity (Wildman–Crippen MR) is 89.3 cm³/mol. The molecule has 1 aromatic carbocycles. The number of pyridine rings is 1. The molecule has 2 aromatic rings. The number of hydrogen-bond donors (Lipinski definition) is 2. The quantitative estimate of drug-likeness (QED) is 0.846. The number of nitrogens with two attached hydrogens (primary N) is 1. The van der Waals surface area contributed by atoms with Gasteiger partial charge in [-0.3, -0.25) is 4.98 Å². The monoisotopic (exact) mass is 283 g/mol. The van der Waals surface area contributed by atoms with E-state index in [2.05, 4.69) is 55.3 Å². The van der Waals surface area contributed by atoms with Gasteiger partial charge in [0.2, 0.25) is 0 Å². The van der Waals surface area contributed by atoms with Crippen molar-refractivity contribution in [1.29, 1.82) is 0 Å². The molecule has 21 heavy (non-hydrogen) atoms. The number of nitrogens with zero attached hydrogens (tertiary/aromatic N) is 1. The van der Waals surface area contributed by atoms with E-state index >= 15 is 0 Å². The number of nitrogens with one attached hydrogen (secondary N) is 1. The zero-order chi connectivity index (χ0) is 15.2. The van der Waals surface area contributed by atoms with Crippen LogP contribution in [0.5, 0.6) is 0 Å². The largest absolute Gasteiger partial charge is 0.398 e. The highest BCUT2D eigenvalue weighted by molar-refractivity contribution is 5.49. The molecule has 0 radical (unpaired) electrons. The first kappa shape index (κ1) is 15.5. The van der Waals surface area contributed by atoms with Crippen molar-refractivity contribution in [2.24, 2.45) is 0 Å². The molecule has 0 aliphatic heterocycles. The van der Waals surface area contributed by atoms with E-state index in [0.29, 0.717) is 5.92 Å². The van der Waals surface area contributed by atoms with Crippen LogP contribution in [0.2, 0.25) is 0 Å². The number of rotatable bonds is 6. The van der Waals surface area contributed by atoms with E-state index < -0.39 is 0 Å². The minimum atomic E-state index is 0.0971. The van der Waals surface area contributed by atoms with Crippen LogP contribution in [0.25, 0.3) is 0 Å². The second-order valence-corrected chi connectivity index (χ2v) is 5.71.